The summed E-state index contributed by atoms with van der Waals surface area (Å²) in [6, 6.07) is 6.11. The van der Waals surface area contributed by atoms with Crippen LogP contribution in [0.5, 0.6) is 0 Å². The van der Waals surface area contributed by atoms with Gasteiger partial charge in [-0.25, -0.2) is 0 Å². The third-order valence-corrected chi connectivity index (χ3v) is 5.32. The number of anilines is 1. The maximum absolute atomic E-state index is 12.5. The van der Waals surface area contributed by atoms with Crippen LogP contribution in [0.2, 0.25) is 5.02 Å². The molecule has 2 amide bonds. The summed E-state index contributed by atoms with van der Waals surface area (Å²) in [4.78, 5) is 24.8. The van der Waals surface area contributed by atoms with Gasteiger partial charge in [0.2, 0.25) is 5.91 Å². The molecule has 0 aromatic heterocycles. The molecule has 26 heavy (non-hydrogen) atoms. The fourth-order valence-corrected chi connectivity index (χ4v) is 4.13. The van der Waals surface area contributed by atoms with E-state index in [4.69, 9.17) is 11.6 Å². The Morgan fingerprint density at radius 3 is 2.58 bits per heavy atom. The van der Waals surface area contributed by atoms with Gasteiger partial charge in [0.25, 0.3) is 5.91 Å². The zero-order valence-electron chi connectivity index (χ0n) is 15.0. The van der Waals surface area contributed by atoms with Gasteiger partial charge in [0, 0.05) is 30.1 Å². The molecule has 0 spiro atoms. The van der Waals surface area contributed by atoms with Crippen molar-refractivity contribution < 1.29 is 9.59 Å². The number of carbonyl (C=O) groups is 2. The van der Waals surface area contributed by atoms with Gasteiger partial charge in [0.05, 0.1) is 11.3 Å². The molecule has 2 bridgehead atoms. The van der Waals surface area contributed by atoms with Crippen molar-refractivity contribution in [3.63, 3.8) is 0 Å². The number of fused-ring (bicyclic) bond motifs is 2. The zero-order valence-corrected chi connectivity index (χ0v) is 16.6. The summed E-state index contributed by atoms with van der Waals surface area (Å²) in [6.07, 6.45) is 5.92. The molecule has 1 aromatic carbocycles. The van der Waals surface area contributed by atoms with Gasteiger partial charge in [-0.05, 0) is 56.2 Å². The monoisotopic (exact) mass is 399 g/mol. The molecule has 1 aromatic rings. The number of nitrogens with one attached hydrogen (secondary N) is 3. The van der Waals surface area contributed by atoms with Crippen LogP contribution < -0.4 is 16.0 Å². The highest BCUT2D eigenvalue weighted by Gasteiger charge is 2.34. The summed E-state index contributed by atoms with van der Waals surface area (Å²) in [5.41, 5.74) is 0.944. The predicted octanol–water partition coefficient (Wildman–Crippen LogP) is 3.76. The van der Waals surface area contributed by atoms with Crippen LogP contribution >= 0.6 is 24.0 Å². The fraction of sp³-hybridized carbons (Fsp3) is 0.579. The van der Waals surface area contributed by atoms with E-state index >= 15 is 0 Å². The highest BCUT2D eigenvalue weighted by Crippen LogP contribution is 2.33. The molecule has 7 heteroatoms. The predicted molar refractivity (Wildman–Crippen MR) is 107 cm³/mol. The van der Waals surface area contributed by atoms with Crippen LogP contribution in [0.15, 0.2) is 18.2 Å². The Balaban J connectivity index is 0.00000243. The summed E-state index contributed by atoms with van der Waals surface area (Å²) in [7, 11) is 0. The van der Waals surface area contributed by atoms with Crippen molar-refractivity contribution in [1.29, 1.82) is 0 Å². The first-order chi connectivity index (χ1) is 12.0. The first kappa shape index (κ1) is 21.0. The molecule has 3 rings (SSSR count). The van der Waals surface area contributed by atoms with Crippen molar-refractivity contribution >= 4 is 41.5 Å². The number of amides is 2. The van der Waals surface area contributed by atoms with Gasteiger partial charge in [0.1, 0.15) is 0 Å². The van der Waals surface area contributed by atoms with Crippen molar-refractivity contribution in [2.24, 2.45) is 5.92 Å². The minimum absolute atomic E-state index is 0. The van der Waals surface area contributed by atoms with Crippen LogP contribution in [0.4, 0.5) is 5.69 Å². The van der Waals surface area contributed by atoms with E-state index in [1.165, 1.54) is 12.8 Å². The number of hydrogen-bond donors (Lipinski definition) is 3. The van der Waals surface area contributed by atoms with E-state index in [-0.39, 0.29) is 24.2 Å². The van der Waals surface area contributed by atoms with Gasteiger partial charge in [-0.1, -0.05) is 18.5 Å². The van der Waals surface area contributed by atoms with Gasteiger partial charge in [-0.2, -0.15) is 0 Å². The maximum atomic E-state index is 12.5. The Morgan fingerprint density at radius 2 is 1.92 bits per heavy atom. The molecule has 0 radical (unpaired) electrons. The van der Waals surface area contributed by atoms with Crippen molar-refractivity contribution in [2.75, 3.05) is 11.9 Å². The summed E-state index contributed by atoms with van der Waals surface area (Å²) in [6.45, 7) is 2.60. The third-order valence-electron chi connectivity index (χ3n) is 5.08. The lowest BCUT2D eigenvalue weighted by atomic mass is 9.89. The average molecular weight is 400 g/mol. The number of carbonyl (C=O) groups excluding carboxylic acids is 2. The average Bonchev–Trinajstić information content (AvgIpc) is 2.91. The SMILES string of the molecule is CCCNC(=O)c1ccc(Cl)cc1NC(=O)CC1CC2CCC(C1)N2.Cl. The van der Waals surface area contributed by atoms with Crippen LogP contribution in [0.3, 0.4) is 0 Å². The molecule has 2 unspecified atom stereocenters. The van der Waals surface area contributed by atoms with Crippen molar-refractivity contribution in [2.45, 2.75) is 57.5 Å². The molecule has 3 N–H and O–H groups in total. The number of rotatable bonds is 6. The van der Waals surface area contributed by atoms with Crippen LogP contribution in [-0.4, -0.2) is 30.4 Å². The van der Waals surface area contributed by atoms with Gasteiger partial charge in [0.15, 0.2) is 0 Å². The fourth-order valence-electron chi connectivity index (χ4n) is 3.96. The van der Waals surface area contributed by atoms with E-state index in [1.54, 1.807) is 18.2 Å². The third kappa shape index (κ3) is 5.35. The Hall–Kier alpha value is -1.30. The van der Waals surface area contributed by atoms with E-state index in [1.807, 2.05) is 6.92 Å². The summed E-state index contributed by atoms with van der Waals surface area (Å²) < 4.78 is 0. The summed E-state index contributed by atoms with van der Waals surface area (Å²) in [5, 5.41) is 9.84. The largest absolute Gasteiger partial charge is 0.352 e. The molecule has 0 aliphatic carbocycles. The quantitative estimate of drug-likeness (QED) is 0.681. The van der Waals surface area contributed by atoms with Gasteiger partial charge in [-0.3, -0.25) is 9.59 Å². The molecule has 144 valence electrons. The molecule has 0 saturated carbocycles. The highest BCUT2D eigenvalue weighted by molar-refractivity contribution is 6.31. The second-order valence-corrected chi connectivity index (χ2v) is 7.61. The first-order valence-electron chi connectivity index (χ1n) is 9.18. The molecule has 5 nitrogen and oxygen atoms in total. The molecule has 2 heterocycles. The minimum Gasteiger partial charge on any atom is -0.352 e. The van der Waals surface area contributed by atoms with Crippen molar-refractivity contribution in [3.05, 3.63) is 28.8 Å². The second kappa shape index (κ2) is 9.58. The lowest BCUT2D eigenvalue weighted by molar-refractivity contribution is -0.117. The van der Waals surface area contributed by atoms with E-state index < -0.39 is 0 Å². The normalized spacial score (nSPS) is 23.8. The summed E-state index contributed by atoms with van der Waals surface area (Å²) >= 11 is 6.06. The molecule has 2 saturated heterocycles. The Morgan fingerprint density at radius 1 is 1.23 bits per heavy atom. The van der Waals surface area contributed by atoms with E-state index in [0.29, 0.717) is 47.2 Å². The minimum atomic E-state index is -0.186. The van der Waals surface area contributed by atoms with Gasteiger partial charge < -0.3 is 16.0 Å². The Labute approximate surface area is 166 Å². The van der Waals surface area contributed by atoms with Crippen LogP contribution in [0.25, 0.3) is 0 Å². The molecule has 2 fully saturated rings. The van der Waals surface area contributed by atoms with E-state index in [9.17, 15) is 9.59 Å². The van der Waals surface area contributed by atoms with Crippen molar-refractivity contribution in [3.8, 4) is 0 Å². The Kier molecular flexibility index (Phi) is 7.74. The lowest BCUT2D eigenvalue weighted by Crippen LogP contribution is -2.39. The van der Waals surface area contributed by atoms with E-state index in [0.717, 1.165) is 19.3 Å². The Bertz CT molecular complexity index is 642. The smallest absolute Gasteiger partial charge is 0.253 e. The lowest BCUT2D eigenvalue weighted by Gasteiger charge is -2.28. The number of halogens is 2. The van der Waals surface area contributed by atoms with Crippen LogP contribution in [0, 0.1) is 5.92 Å². The molecular weight excluding hydrogens is 373 g/mol. The molecule has 2 aliphatic rings. The van der Waals surface area contributed by atoms with Crippen molar-refractivity contribution in [1.82, 2.24) is 10.6 Å². The standard InChI is InChI=1S/C19H26ClN3O2.ClH/c1-2-7-21-19(25)16-6-3-13(20)11-17(16)23-18(24)10-12-8-14-4-5-15(9-12)22-14;/h3,6,11-12,14-15,22H,2,4-5,7-10H2,1H3,(H,21,25)(H,23,24);1H. The first-order valence-corrected chi connectivity index (χ1v) is 9.56. The molecule has 2 aliphatic heterocycles. The molecular formula is C19H27Cl2N3O2. The second-order valence-electron chi connectivity index (χ2n) is 7.17. The zero-order chi connectivity index (χ0) is 17.8. The highest BCUT2D eigenvalue weighted by atomic mass is 35.5. The van der Waals surface area contributed by atoms with Gasteiger partial charge in [-0.15, -0.1) is 12.4 Å². The maximum Gasteiger partial charge on any atom is 0.253 e. The number of hydrogen-bond acceptors (Lipinski definition) is 3. The topological polar surface area (TPSA) is 70.2 Å². The number of benzene rings is 1. The molecule has 2 atom stereocenters. The van der Waals surface area contributed by atoms with E-state index in [2.05, 4.69) is 16.0 Å². The number of piperidine rings is 1. The van der Waals surface area contributed by atoms with Crippen LogP contribution in [0.1, 0.15) is 55.8 Å². The summed E-state index contributed by atoms with van der Waals surface area (Å²) in [5.74, 6) is 0.183. The van der Waals surface area contributed by atoms with Crippen LogP contribution in [-0.2, 0) is 4.79 Å². The van der Waals surface area contributed by atoms with Gasteiger partial charge >= 0.3 is 0 Å².